The van der Waals surface area contributed by atoms with Gasteiger partial charge in [0.1, 0.15) is 11.5 Å². The van der Waals surface area contributed by atoms with Crippen molar-refractivity contribution < 1.29 is 9.18 Å². The molecule has 1 fully saturated rings. The van der Waals surface area contributed by atoms with Crippen LogP contribution in [0.25, 0.3) is 0 Å². The van der Waals surface area contributed by atoms with Gasteiger partial charge in [-0.15, -0.1) is 0 Å². The van der Waals surface area contributed by atoms with Gasteiger partial charge in [0.05, 0.1) is 6.20 Å². The van der Waals surface area contributed by atoms with Crippen LogP contribution in [-0.4, -0.2) is 35.3 Å². The van der Waals surface area contributed by atoms with Gasteiger partial charge >= 0.3 is 0 Å². The monoisotopic (exact) mass is 278 g/mol. The van der Waals surface area contributed by atoms with Crippen LogP contribution < -0.4 is 0 Å². The van der Waals surface area contributed by atoms with Crippen molar-refractivity contribution in [2.75, 3.05) is 19.6 Å². The minimum absolute atomic E-state index is 0.00365. The third-order valence-electron chi connectivity index (χ3n) is 4.03. The summed E-state index contributed by atoms with van der Waals surface area (Å²) in [6, 6.07) is 2.76. The Balaban J connectivity index is 1.87. The van der Waals surface area contributed by atoms with Crippen molar-refractivity contribution in [2.45, 2.75) is 33.1 Å². The van der Waals surface area contributed by atoms with E-state index in [1.165, 1.54) is 31.4 Å². The number of rotatable bonds is 6. The maximum absolute atomic E-state index is 12.8. The Labute approximate surface area is 120 Å². The number of ketones is 1. The normalized spacial score (nSPS) is 21.1. The predicted octanol–water partition coefficient (Wildman–Crippen LogP) is 3.16. The molecule has 1 aromatic rings. The van der Waals surface area contributed by atoms with Crippen LogP contribution in [0.1, 0.15) is 43.6 Å². The minimum atomic E-state index is -0.406. The summed E-state index contributed by atoms with van der Waals surface area (Å²) in [6.45, 7) is 7.11. The lowest BCUT2D eigenvalue weighted by molar-refractivity contribution is 0.0896. The molecule has 2 rings (SSSR count). The van der Waals surface area contributed by atoms with Crippen molar-refractivity contribution in [1.82, 2.24) is 9.88 Å². The summed E-state index contributed by atoms with van der Waals surface area (Å²) in [5.41, 5.74) is 0.364. The Kier molecular flexibility index (Phi) is 5.24. The zero-order valence-electron chi connectivity index (χ0n) is 12.3. The first-order chi connectivity index (χ1) is 9.60. The summed E-state index contributed by atoms with van der Waals surface area (Å²) in [7, 11) is 0. The molecule has 0 aliphatic carbocycles. The summed E-state index contributed by atoms with van der Waals surface area (Å²) in [5, 5.41) is 0. The summed E-state index contributed by atoms with van der Waals surface area (Å²) in [4.78, 5) is 18.5. The summed E-state index contributed by atoms with van der Waals surface area (Å²) >= 11 is 0. The molecule has 1 aliphatic rings. The molecule has 4 heteroatoms. The van der Waals surface area contributed by atoms with Crippen LogP contribution in [0.15, 0.2) is 18.3 Å². The molecule has 20 heavy (non-hydrogen) atoms. The Morgan fingerprint density at radius 3 is 3.00 bits per heavy atom. The molecule has 2 atom stereocenters. The fourth-order valence-corrected chi connectivity index (χ4v) is 2.97. The van der Waals surface area contributed by atoms with Crippen LogP contribution in [0.2, 0.25) is 0 Å². The van der Waals surface area contributed by atoms with Gasteiger partial charge < -0.3 is 4.90 Å². The number of nitrogens with zero attached hydrogens (tertiary/aromatic N) is 2. The Morgan fingerprint density at radius 1 is 1.55 bits per heavy atom. The van der Waals surface area contributed by atoms with E-state index >= 15 is 0 Å². The number of hydrogen-bond donors (Lipinski definition) is 0. The molecule has 0 bridgehead atoms. The highest BCUT2D eigenvalue weighted by molar-refractivity contribution is 5.95. The smallest absolute Gasteiger partial charge is 0.185 e. The fourth-order valence-electron chi connectivity index (χ4n) is 2.97. The van der Waals surface area contributed by atoms with E-state index in [0.717, 1.165) is 31.7 Å². The van der Waals surface area contributed by atoms with Gasteiger partial charge in [-0.3, -0.25) is 9.78 Å². The minimum Gasteiger partial charge on any atom is -0.302 e. The number of halogens is 1. The third kappa shape index (κ3) is 3.85. The van der Waals surface area contributed by atoms with Gasteiger partial charge in [0.15, 0.2) is 5.78 Å². The average Bonchev–Trinajstić information content (AvgIpc) is 2.86. The van der Waals surface area contributed by atoms with Gasteiger partial charge in [0.2, 0.25) is 0 Å². The van der Waals surface area contributed by atoms with Crippen molar-refractivity contribution in [3.63, 3.8) is 0 Å². The summed E-state index contributed by atoms with van der Waals surface area (Å²) < 4.78 is 12.8. The molecule has 0 N–H and O–H groups in total. The van der Waals surface area contributed by atoms with E-state index in [9.17, 15) is 9.18 Å². The number of Topliss-reactive ketones (excluding diaryl/α,β-unsaturated/α-hetero) is 1. The second-order valence-corrected chi connectivity index (χ2v) is 5.83. The zero-order valence-corrected chi connectivity index (χ0v) is 12.3. The average molecular weight is 278 g/mol. The number of likely N-dealkylation sites (tertiary alicyclic amines) is 1. The van der Waals surface area contributed by atoms with Gasteiger partial charge in [0.25, 0.3) is 0 Å². The molecule has 0 amide bonds. The lowest BCUT2D eigenvalue weighted by Gasteiger charge is -2.20. The van der Waals surface area contributed by atoms with Crippen LogP contribution in [0, 0.1) is 17.7 Å². The van der Waals surface area contributed by atoms with Gasteiger partial charge in [-0.05, 0) is 37.4 Å². The van der Waals surface area contributed by atoms with Crippen molar-refractivity contribution >= 4 is 5.78 Å². The van der Waals surface area contributed by atoms with Crippen molar-refractivity contribution in [1.29, 1.82) is 0 Å². The number of aromatic nitrogens is 1. The number of pyridine rings is 1. The summed E-state index contributed by atoms with van der Waals surface area (Å²) in [5.74, 6) is 0.291. The molecule has 1 aromatic heterocycles. The standard InChI is InChI=1S/C16H23FN2O/c1-3-4-13-7-8-19(11-13)10-12(2)16(20)15-6-5-14(17)9-18-15/h5-6,9,12-13H,3-4,7-8,10-11H2,1-2H3. The van der Waals surface area contributed by atoms with E-state index in [1.54, 1.807) is 0 Å². The van der Waals surface area contributed by atoms with E-state index in [0.29, 0.717) is 5.69 Å². The fraction of sp³-hybridized carbons (Fsp3) is 0.625. The van der Waals surface area contributed by atoms with Crippen molar-refractivity contribution in [3.8, 4) is 0 Å². The maximum Gasteiger partial charge on any atom is 0.185 e. The highest BCUT2D eigenvalue weighted by Gasteiger charge is 2.25. The number of carbonyl (C=O) groups is 1. The first-order valence-electron chi connectivity index (χ1n) is 7.48. The van der Waals surface area contributed by atoms with Crippen LogP contribution in [-0.2, 0) is 0 Å². The van der Waals surface area contributed by atoms with Crippen LogP contribution in [0.5, 0.6) is 0 Å². The molecule has 2 heterocycles. The van der Waals surface area contributed by atoms with Gasteiger partial charge in [-0.1, -0.05) is 20.3 Å². The van der Waals surface area contributed by atoms with Crippen LogP contribution in [0.4, 0.5) is 4.39 Å². The second kappa shape index (κ2) is 6.93. The third-order valence-corrected chi connectivity index (χ3v) is 4.03. The lowest BCUT2D eigenvalue weighted by atomic mass is 10.0. The molecule has 1 saturated heterocycles. The largest absolute Gasteiger partial charge is 0.302 e. The van der Waals surface area contributed by atoms with Gasteiger partial charge in [-0.2, -0.15) is 0 Å². The molecule has 0 aromatic carbocycles. The van der Waals surface area contributed by atoms with Crippen LogP contribution >= 0.6 is 0 Å². The maximum atomic E-state index is 12.8. The lowest BCUT2D eigenvalue weighted by Crippen LogP contribution is -2.30. The molecule has 3 nitrogen and oxygen atoms in total. The molecule has 110 valence electrons. The SMILES string of the molecule is CCCC1CCN(CC(C)C(=O)c2ccc(F)cn2)C1. The highest BCUT2D eigenvalue weighted by Crippen LogP contribution is 2.22. The number of hydrogen-bond acceptors (Lipinski definition) is 3. The molecule has 2 unspecified atom stereocenters. The van der Waals surface area contributed by atoms with E-state index < -0.39 is 5.82 Å². The summed E-state index contributed by atoms with van der Waals surface area (Å²) in [6.07, 6.45) is 4.85. The van der Waals surface area contributed by atoms with E-state index in [1.807, 2.05) is 6.92 Å². The number of carbonyl (C=O) groups excluding carboxylic acids is 1. The van der Waals surface area contributed by atoms with Gasteiger partial charge in [0, 0.05) is 19.0 Å². The Hall–Kier alpha value is -1.29. The topological polar surface area (TPSA) is 33.2 Å². The molecule has 1 aliphatic heterocycles. The molecule has 0 radical (unpaired) electrons. The van der Waals surface area contributed by atoms with Gasteiger partial charge in [-0.25, -0.2) is 4.39 Å². The van der Waals surface area contributed by atoms with E-state index in [-0.39, 0.29) is 11.7 Å². The first-order valence-corrected chi connectivity index (χ1v) is 7.48. The zero-order chi connectivity index (χ0) is 14.5. The first kappa shape index (κ1) is 15.1. The van der Waals surface area contributed by atoms with Crippen molar-refractivity contribution in [2.24, 2.45) is 11.8 Å². The highest BCUT2D eigenvalue weighted by atomic mass is 19.1. The second-order valence-electron chi connectivity index (χ2n) is 5.83. The Bertz CT molecular complexity index is 446. The van der Waals surface area contributed by atoms with Crippen molar-refractivity contribution in [3.05, 3.63) is 29.8 Å². The van der Waals surface area contributed by atoms with E-state index in [2.05, 4.69) is 16.8 Å². The Morgan fingerprint density at radius 2 is 2.35 bits per heavy atom. The van der Waals surface area contributed by atoms with E-state index in [4.69, 9.17) is 0 Å². The molecular weight excluding hydrogens is 255 g/mol. The molecule has 0 spiro atoms. The molecule has 0 saturated carbocycles. The predicted molar refractivity (Wildman–Crippen MR) is 77.1 cm³/mol. The quantitative estimate of drug-likeness (QED) is 0.749. The molecular formula is C16H23FN2O. The van der Waals surface area contributed by atoms with Crippen LogP contribution in [0.3, 0.4) is 0 Å².